The highest BCUT2D eigenvalue weighted by atomic mass is 16.5. The maximum atomic E-state index is 13.4. The highest BCUT2D eigenvalue weighted by Gasteiger charge is 2.49. The molecule has 3 amide bonds. The summed E-state index contributed by atoms with van der Waals surface area (Å²) in [5.41, 5.74) is 7.63. The van der Waals surface area contributed by atoms with Crippen molar-refractivity contribution in [1.82, 2.24) is 19.8 Å². The van der Waals surface area contributed by atoms with E-state index in [0.29, 0.717) is 53.2 Å². The second-order valence-electron chi connectivity index (χ2n) is 9.09. The maximum absolute atomic E-state index is 13.4. The smallest absolute Gasteiger partial charge is 0.314 e. The van der Waals surface area contributed by atoms with Gasteiger partial charge < -0.3 is 25.5 Å². The Morgan fingerprint density at radius 3 is 2.72 bits per heavy atom. The van der Waals surface area contributed by atoms with E-state index in [1.165, 1.54) is 9.80 Å². The molecule has 4 aromatic rings. The van der Waals surface area contributed by atoms with Crippen molar-refractivity contribution in [3.8, 4) is 0 Å². The summed E-state index contributed by atoms with van der Waals surface area (Å²) in [4.78, 5) is 36.0. The predicted molar refractivity (Wildman–Crippen MR) is 132 cm³/mol. The number of aromatic nitrogens is 2. The van der Waals surface area contributed by atoms with Crippen LogP contribution in [-0.2, 0) is 17.0 Å². The molecule has 3 heterocycles. The first-order valence-electron chi connectivity index (χ1n) is 11.8. The van der Waals surface area contributed by atoms with Crippen LogP contribution in [0.15, 0.2) is 72.8 Å². The van der Waals surface area contributed by atoms with Crippen LogP contribution in [0, 0.1) is 0 Å². The van der Waals surface area contributed by atoms with Gasteiger partial charge in [-0.05, 0) is 23.8 Å². The topological polar surface area (TPSA) is 125 Å². The number of hydrogen-bond acceptors (Lipinski definition) is 5. The monoisotopic (exact) mass is 483 g/mol. The fraction of sp³-hybridized carbons (Fsp3) is 0.222. The summed E-state index contributed by atoms with van der Waals surface area (Å²) in [6, 6.07) is 21.7. The molecule has 2 unspecified atom stereocenters. The fourth-order valence-electron chi connectivity index (χ4n) is 5.09. The second kappa shape index (κ2) is 8.47. The number of nitrogens with two attached hydrogens (primary N) is 1. The summed E-state index contributed by atoms with van der Waals surface area (Å²) >= 11 is 0. The highest BCUT2D eigenvalue weighted by molar-refractivity contribution is 6.00. The summed E-state index contributed by atoms with van der Waals surface area (Å²) in [6.07, 6.45) is -0.437. The number of imidazole rings is 1. The van der Waals surface area contributed by atoms with Gasteiger partial charge in [-0.2, -0.15) is 0 Å². The van der Waals surface area contributed by atoms with Crippen molar-refractivity contribution in [1.29, 1.82) is 0 Å². The number of aliphatic hydroxyl groups is 1. The lowest BCUT2D eigenvalue weighted by atomic mass is 9.93. The molecule has 0 spiro atoms. The number of benzene rings is 3. The summed E-state index contributed by atoms with van der Waals surface area (Å²) in [7, 11) is 0. The summed E-state index contributed by atoms with van der Waals surface area (Å²) in [6.45, 7) is 1.35. The molecule has 6 rings (SSSR count). The molecule has 36 heavy (non-hydrogen) atoms. The molecule has 1 aromatic heterocycles. The molecule has 9 nitrogen and oxygen atoms in total. The molecule has 0 radical (unpaired) electrons. The lowest BCUT2D eigenvalue weighted by Gasteiger charge is -2.35. The van der Waals surface area contributed by atoms with Gasteiger partial charge in [-0.15, -0.1) is 0 Å². The maximum Gasteiger partial charge on any atom is 0.314 e. The number of urea groups is 1. The average molecular weight is 484 g/mol. The van der Waals surface area contributed by atoms with E-state index >= 15 is 0 Å². The number of carbonyl (C=O) groups excluding carboxylic acids is 2. The Hall–Kier alpha value is -4.21. The van der Waals surface area contributed by atoms with Crippen molar-refractivity contribution in [2.45, 2.75) is 18.4 Å². The Morgan fingerprint density at radius 2 is 1.92 bits per heavy atom. The van der Waals surface area contributed by atoms with Gasteiger partial charge in [-0.1, -0.05) is 54.6 Å². The summed E-state index contributed by atoms with van der Waals surface area (Å²) in [5.74, 6) is 0.341. The van der Waals surface area contributed by atoms with Crippen LogP contribution >= 0.6 is 0 Å². The van der Waals surface area contributed by atoms with E-state index in [1.807, 2.05) is 48.5 Å². The van der Waals surface area contributed by atoms with E-state index < -0.39 is 17.9 Å². The SMILES string of the molecule is NC(=O)N1CCOC(c2nc3ccc(C4(O)c5ccccc5C(=O)N4Cc4ccccc4)cc3[nH]2)C1. The molecule has 3 aromatic carbocycles. The van der Waals surface area contributed by atoms with Crippen LogP contribution in [0.5, 0.6) is 0 Å². The Morgan fingerprint density at radius 1 is 1.14 bits per heavy atom. The number of nitrogens with one attached hydrogen (secondary N) is 1. The van der Waals surface area contributed by atoms with E-state index in [1.54, 1.807) is 24.3 Å². The number of rotatable bonds is 4. The van der Waals surface area contributed by atoms with Crippen molar-refractivity contribution < 1.29 is 19.4 Å². The van der Waals surface area contributed by atoms with Crippen LogP contribution in [0.3, 0.4) is 0 Å². The van der Waals surface area contributed by atoms with Crippen molar-refractivity contribution in [3.05, 3.63) is 101 Å². The van der Waals surface area contributed by atoms with E-state index in [0.717, 1.165) is 5.56 Å². The number of H-pyrrole nitrogens is 1. The van der Waals surface area contributed by atoms with Crippen LogP contribution in [-0.4, -0.2) is 56.5 Å². The average Bonchev–Trinajstić information content (AvgIpc) is 3.43. The first kappa shape index (κ1) is 22.3. The molecule has 2 aliphatic heterocycles. The van der Waals surface area contributed by atoms with Crippen molar-refractivity contribution in [2.24, 2.45) is 5.73 Å². The largest absolute Gasteiger partial charge is 0.367 e. The molecule has 0 aliphatic carbocycles. The highest BCUT2D eigenvalue weighted by Crippen LogP contribution is 2.43. The Labute approximate surface area is 207 Å². The number of hydrogen-bond donors (Lipinski definition) is 3. The minimum Gasteiger partial charge on any atom is -0.367 e. The number of nitrogens with zero attached hydrogens (tertiary/aromatic N) is 3. The Kier molecular flexibility index (Phi) is 5.24. The zero-order chi connectivity index (χ0) is 24.9. The van der Waals surface area contributed by atoms with Crippen molar-refractivity contribution in [2.75, 3.05) is 19.7 Å². The minimum atomic E-state index is -1.66. The molecule has 4 N–H and O–H groups in total. The third-order valence-electron chi connectivity index (χ3n) is 6.94. The minimum absolute atomic E-state index is 0.232. The van der Waals surface area contributed by atoms with E-state index in [4.69, 9.17) is 10.5 Å². The molecule has 1 saturated heterocycles. The van der Waals surface area contributed by atoms with Gasteiger partial charge in [-0.25, -0.2) is 9.78 Å². The third kappa shape index (κ3) is 3.52. The van der Waals surface area contributed by atoms with Crippen molar-refractivity contribution in [3.63, 3.8) is 0 Å². The van der Waals surface area contributed by atoms with Crippen molar-refractivity contribution >= 4 is 23.0 Å². The van der Waals surface area contributed by atoms with Gasteiger partial charge in [-0.3, -0.25) is 9.69 Å². The number of primary amides is 1. The summed E-state index contributed by atoms with van der Waals surface area (Å²) in [5, 5.41) is 12.2. The quantitative estimate of drug-likeness (QED) is 0.412. The van der Waals surface area contributed by atoms with Gasteiger partial charge in [0.15, 0.2) is 5.72 Å². The number of ether oxygens (including phenoxy) is 1. The van der Waals surface area contributed by atoms with Gasteiger partial charge in [0, 0.05) is 29.8 Å². The van der Waals surface area contributed by atoms with E-state index in [-0.39, 0.29) is 12.5 Å². The summed E-state index contributed by atoms with van der Waals surface area (Å²) < 4.78 is 5.82. The van der Waals surface area contributed by atoms with Gasteiger partial charge in [0.05, 0.1) is 24.2 Å². The van der Waals surface area contributed by atoms with Crippen LogP contribution in [0.25, 0.3) is 11.0 Å². The number of aromatic amines is 1. The van der Waals surface area contributed by atoms with Crippen LogP contribution in [0.1, 0.15) is 39.0 Å². The second-order valence-corrected chi connectivity index (χ2v) is 9.09. The lowest BCUT2D eigenvalue weighted by molar-refractivity contribution is -0.0542. The molecular weight excluding hydrogens is 458 g/mol. The molecule has 2 aliphatic rings. The Balaban J connectivity index is 1.40. The molecular formula is C27H25N5O4. The fourth-order valence-corrected chi connectivity index (χ4v) is 5.09. The molecule has 0 saturated carbocycles. The number of fused-ring (bicyclic) bond motifs is 2. The number of morpholine rings is 1. The van der Waals surface area contributed by atoms with Gasteiger partial charge in [0.25, 0.3) is 5.91 Å². The zero-order valence-corrected chi connectivity index (χ0v) is 19.4. The van der Waals surface area contributed by atoms with Crippen LogP contribution in [0.2, 0.25) is 0 Å². The van der Waals surface area contributed by atoms with Gasteiger partial charge in [0.2, 0.25) is 0 Å². The first-order valence-corrected chi connectivity index (χ1v) is 11.8. The molecule has 0 bridgehead atoms. The Bertz CT molecular complexity index is 1470. The van der Waals surface area contributed by atoms with Crippen LogP contribution < -0.4 is 5.73 Å². The van der Waals surface area contributed by atoms with Crippen LogP contribution in [0.4, 0.5) is 4.79 Å². The normalized spacial score (nSPS) is 21.7. The first-order chi connectivity index (χ1) is 17.4. The molecule has 2 atom stereocenters. The predicted octanol–water partition coefficient (Wildman–Crippen LogP) is 2.86. The number of carbonyl (C=O) groups is 2. The molecule has 9 heteroatoms. The lowest BCUT2D eigenvalue weighted by Crippen LogP contribution is -2.45. The van der Waals surface area contributed by atoms with E-state index in [9.17, 15) is 14.7 Å². The molecule has 182 valence electrons. The van der Waals surface area contributed by atoms with Gasteiger partial charge >= 0.3 is 6.03 Å². The van der Waals surface area contributed by atoms with Gasteiger partial charge in [0.1, 0.15) is 11.9 Å². The third-order valence-corrected chi connectivity index (χ3v) is 6.94. The molecule has 1 fully saturated rings. The zero-order valence-electron chi connectivity index (χ0n) is 19.4. The standard InChI is InChI=1S/C27H25N5O4/c28-26(34)31-12-13-36-23(16-31)24-29-21-11-10-18(14-22(21)30-24)27(35)20-9-5-4-8-19(20)25(33)32(27)15-17-6-2-1-3-7-17/h1-11,14,23,35H,12-13,15-16H2,(H2,28,34)(H,29,30). The van der Waals surface area contributed by atoms with E-state index in [2.05, 4.69) is 9.97 Å². The number of amides is 3.